The van der Waals surface area contributed by atoms with Crippen molar-refractivity contribution in [2.45, 2.75) is 0 Å². The maximum Gasteiger partial charge on any atom is 0.183 e. The van der Waals surface area contributed by atoms with E-state index in [9.17, 15) is 17.6 Å². The number of hydrogen-bond acceptors (Lipinski definition) is 2. The minimum absolute atomic E-state index is 0.327. The van der Waals surface area contributed by atoms with Crippen molar-refractivity contribution in [3.05, 3.63) is 58.1 Å². The summed E-state index contributed by atoms with van der Waals surface area (Å²) in [5, 5.41) is 10.4. The molecule has 0 atom stereocenters. The van der Waals surface area contributed by atoms with Gasteiger partial charge >= 0.3 is 0 Å². The number of halogens is 5. The van der Waals surface area contributed by atoms with Crippen LogP contribution in [-0.2, 0) is 0 Å². The van der Waals surface area contributed by atoms with Gasteiger partial charge in [0.15, 0.2) is 17.5 Å². The van der Waals surface area contributed by atoms with Crippen LogP contribution in [0.5, 0.6) is 0 Å². The zero-order chi connectivity index (χ0) is 14.9. The summed E-state index contributed by atoms with van der Waals surface area (Å²) in [7, 11) is 0. The number of hydrogen-bond donors (Lipinski definition) is 1. The van der Waals surface area contributed by atoms with Crippen LogP contribution in [0.25, 0.3) is 0 Å². The first-order valence-electron chi connectivity index (χ1n) is 5.23. The highest BCUT2D eigenvalue weighted by Gasteiger charge is 2.16. The Morgan fingerprint density at radius 1 is 1.05 bits per heavy atom. The lowest BCUT2D eigenvalue weighted by atomic mass is 10.2. The molecule has 0 heterocycles. The van der Waals surface area contributed by atoms with Crippen molar-refractivity contribution in [1.82, 2.24) is 0 Å². The van der Waals surface area contributed by atoms with Gasteiger partial charge in [-0.25, -0.2) is 17.6 Å². The molecule has 2 nitrogen and oxygen atoms in total. The fraction of sp³-hybridized carbons (Fsp3) is 0. The van der Waals surface area contributed by atoms with Crippen molar-refractivity contribution < 1.29 is 17.6 Å². The summed E-state index contributed by atoms with van der Waals surface area (Å²) in [6.07, 6.45) is 0. The zero-order valence-corrected chi connectivity index (χ0v) is 10.4. The van der Waals surface area contributed by atoms with Gasteiger partial charge in [0.05, 0.1) is 22.0 Å². The Kier molecular flexibility index (Phi) is 3.81. The van der Waals surface area contributed by atoms with Crippen LogP contribution in [-0.4, -0.2) is 0 Å². The quantitative estimate of drug-likeness (QED) is 0.828. The van der Waals surface area contributed by atoms with Gasteiger partial charge in [-0.05, 0) is 18.2 Å². The van der Waals surface area contributed by atoms with Gasteiger partial charge in [-0.2, -0.15) is 5.26 Å². The second kappa shape index (κ2) is 5.39. The predicted molar refractivity (Wildman–Crippen MR) is 65.7 cm³/mol. The van der Waals surface area contributed by atoms with Crippen LogP contribution >= 0.6 is 11.6 Å². The number of nitriles is 1. The Morgan fingerprint density at radius 2 is 1.75 bits per heavy atom. The normalized spacial score (nSPS) is 10.2. The Bertz CT molecular complexity index is 702. The van der Waals surface area contributed by atoms with E-state index in [0.29, 0.717) is 6.07 Å². The lowest BCUT2D eigenvalue weighted by Crippen LogP contribution is -2.01. The third-order valence-corrected chi connectivity index (χ3v) is 2.77. The van der Waals surface area contributed by atoms with Crippen LogP contribution in [0.2, 0.25) is 5.02 Å². The number of nitrogens with one attached hydrogen (secondary N) is 1. The van der Waals surface area contributed by atoms with Crippen LogP contribution in [0.3, 0.4) is 0 Å². The number of rotatable bonds is 2. The average molecular weight is 301 g/mol. The second-order valence-electron chi connectivity index (χ2n) is 3.77. The van der Waals surface area contributed by atoms with Crippen LogP contribution < -0.4 is 5.32 Å². The Morgan fingerprint density at radius 3 is 2.35 bits per heavy atom. The van der Waals surface area contributed by atoms with Crippen LogP contribution in [0.15, 0.2) is 24.3 Å². The van der Waals surface area contributed by atoms with E-state index in [1.165, 1.54) is 6.07 Å². The van der Waals surface area contributed by atoms with Crippen molar-refractivity contribution in [3.8, 4) is 6.07 Å². The van der Waals surface area contributed by atoms with E-state index in [0.717, 1.165) is 18.2 Å². The van der Waals surface area contributed by atoms with Crippen molar-refractivity contribution >= 4 is 23.0 Å². The third-order valence-electron chi connectivity index (χ3n) is 2.47. The molecule has 20 heavy (non-hydrogen) atoms. The molecule has 102 valence electrons. The molecule has 2 aromatic carbocycles. The molecular formula is C13H5ClF4N2. The summed E-state index contributed by atoms with van der Waals surface area (Å²) in [4.78, 5) is 0. The molecule has 0 bridgehead atoms. The van der Waals surface area contributed by atoms with E-state index in [-0.39, 0.29) is 5.02 Å². The van der Waals surface area contributed by atoms with Gasteiger partial charge < -0.3 is 5.32 Å². The highest BCUT2D eigenvalue weighted by molar-refractivity contribution is 6.33. The van der Waals surface area contributed by atoms with Gasteiger partial charge in [-0.1, -0.05) is 11.6 Å². The SMILES string of the molecule is N#Cc1ccc(Nc2c(F)cc(F)cc2Cl)c(F)c1F. The number of benzene rings is 2. The summed E-state index contributed by atoms with van der Waals surface area (Å²) in [6, 6.07) is 4.91. The first-order chi connectivity index (χ1) is 9.43. The molecule has 7 heteroatoms. The fourth-order valence-corrected chi connectivity index (χ4v) is 1.77. The minimum Gasteiger partial charge on any atom is -0.349 e. The van der Waals surface area contributed by atoms with Crippen LogP contribution in [0.4, 0.5) is 28.9 Å². The van der Waals surface area contributed by atoms with Crippen molar-refractivity contribution in [2.24, 2.45) is 0 Å². The van der Waals surface area contributed by atoms with E-state index in [1.807, 2.05) is 0 Å². The molecule has 0 saturated carbocycles. The Labute approximate surface area is 116 Å². The molecule has 0 aliphatic carbocycles. The maximum absolute atomic E-state index is 13.6. The molecule has 0 fully saturated rings. The van der Waals surface area contributed by atoms with Gasteiger partial charge in [0, 0.05) is 6.07 Å². The highest BCUT2D eigenvalue weighted by Crippen LogP contribution is 2.31. The molecule has 0 saturated heterocycles. The first-order valence-corrected chi connectivity index (χ1v) is 5.61. The van der Waals surface area contributed by atoms with E-state index in [2.05, 4.69) is 5.32 Å². The molecule has 2 rings (SSSR count). The molecular weight excluding hydrogens is 296 g/mol. The van der Waals surface area contributed by atoms with Crippen LogP contribution in [0, 0.1) is 34.6 Å². The number of nitrogens with zero attached hydrogens (tertiary/aromatic N) is 1. The third kappa shape index (κ3) is 2.53. The average Bonchev–Trinajstić information content (AvgIpc) is 2.38. The maximum atomic E-state index is 13.6. The predicted octanol–water partition coefficient (Wildman–Crippen LogP) is 4.51. The molecule has 1 N–H and O–H groups in total. The van der Waals surface area contributed by atoms with Gasteiger partial charge in [0.1, 0.15) is 11.9 Å². The smallest absolute Gasteiger partial charge is 0.183 e. The fourth-order valence-electron chi connectivity index (χ4n) is 1.53. The van der Waals surface area contributed by atoms with Gasteiger partial charge in [-0.15, -0.1) is 0 Å². The lowest BCUT2D eigenvalue weighted by Gasteiger charge is -2.11. The van der Waals surface area contributed by atoms with E-state index < -0.39 is 40.2 Å². The van der Waals surface area contributed by atoms with Crippen molar-refractivity contribution in [1.29, 1.82) is 5.26 Å². The molecule has 0 aromatic heterocycles. The molecule has 0 amide bonds. The molecule has 0 aliphatic heterocycles. The Hall–Kier alpha value is -2.26. The van der Waals surface area contributed by atoms with E-state index >= 15 is 0 Å². The van der Waals surface area contributed by atoms with E-state index in [1.54, 1.807) is 0 Å². The monoisotopic (exact) mass is 300 g/mol. The summed E-state index contributed by atoms with van der Waals surface area (Å²) >= 11 is 5.62. The molecule has 0 unspecified atom stereocenters. The second-order valence-corrected chi connectivity index (χ2v) is 4.18. The molecule has 0 spiro atoms. The van der Waals surface area contributed by atoms with Crippen molar-refractivity contribution in [2.75, 3.05) is 5.32 Å². The van der Waals surface area contributed by atoms with Crippen LogP contribution in [0.1, 0.15) is 5.56 Å². The molecule has 0 radical (unpaired) electrons. The van der Waals surface area contributed by atoms with Gasteiger partial charge in [0.25, 0.3) is 0 Å². The largest absolute Gasteiger partial charge is 0.349 e. The minimum atomic E-state index is -1.36. The topological polar surface area (TPSA) is 35.8 Å². The highest BCUT2D eigenvalue weighted by atomic mass is 35.5. The number of anilines is 2. The van der Waals surface area contributed by atoms with Gasteiger partial charge in [-0.3, -0.25) is 0 Å². The first kappa shape index (κ1) is 14.2. The van der Waals surface area contributed by atoms with Crippen molar-refractivity contribution in [3.63, 3.8) is 0 Å². The summed E-state index contributed by atoms with van der Waals surface area (Å²) in [5.74, 6) is -4.68. The standard InChI is InChI=1S/C13H5ClF4N2/c14-8-3-7(15)4-9(16)13(8)20-10-2-1-6(5-19)11(17)12(10)18/h1-4,20H. The summed E-state index contributed by atoms with van der Waals surface area (Å²) in [6.45, 7) is 0. The molecule has 2 aromatic rings. The summed E-state index contributed by atoms with van der Waals surface area (Å²) < 4.78 is 53.4. The van der Waals surface area contributed by atoms with Gasteiger partial charge in [0.2, 0.25) is 0 Å². The zero-order valence-electron chi connectivity index (χ0n) is 9.65. The molecule has 0 aliphatic rings. The lowest BCUT2D eigenvalue weighted by molar-refractivity contribution is 0.509. The summed E-state index contributed by atoms with van der Waals surface area (Å²) in [5.41, 5.74) is -1.30. The van der Waals surface area contributed by atoms with E-state index in [4.69, 9.17) is 16.9 Å². The Balaban J connectivity index is 2.47.